The molecule has 0 N–H and O–H groups in total. The van der Waals surface area contributed by atoms with Gasteiger partial charge in [0.25, 0.3) is 0 Å². The van der Waals surface area contributed by atoms with Crippen LogP contribution >= 0.6 is 11.6 Å². The predicted octanol–water partition coefficient (Wildman–Crippen LogP) is 2.76. The van der Waals surface area contributed by atoms with Crippen LogP contribution in [0.25, 0.3) is 0 Å². The van der Waals surface area contributed by atoms with Crippen LogP contribution in [0.1, 0.15) is 12.5 Å². The van der Waals surface area contributed by atoms with Gasteiger partial charge >= 0.3 is 0 Å². The van der Waals surface area contributed by atoms with Crippen LogP contribution in [0.3, 0.4) is 0 Å². The Balaban J connectivity index is 2.83. The maximum atomic E-state index is 8.77. The van der Waals surface area contributed by atoms with Crippen molar-refractivity contribution < 1.29 is 4.74 Å². The molecule has 1 atom stereocenters. The lowest BCUT2D eigenvalue weighted by Crippen LogP contribution is -2.16. The van der Waals surface area contributed by atoms with E-state index in [2.05, 4.69) is 6.07 Å². The molecule has 1 aromatic carbocycles. The summed E-state index contributed by atoms with van der Waals surface area (Å²) in [4.78, 5) is -0.841. The van der Waals surface area contributed by atoms with Gasteiger partial charge in [-0.3, -0.25) is 0 Å². The first-order chi connectivity index (χ1) is 6.57. The smallest absolute Gasteiger partial charge is 0.132 e. The van der Waals surface area contributed by atoms with Gasteiger partial charge in [-0.25, -0.2) is 0 Å². The zero-order valence-corrected chi connectivity index (χ0v) is 9.01. The summed E-state index contributed by atoms with van der Waals surface area (Å²) in [5.41, 5.74) is 1.00. The van der Waals surface area contributed by atoms with Gasteiger partial charge in [-0.2, -0.15) is 5.26 Å². The molecular weight excluding hydrogens is 198 g/mol. The van der Waals surface area contributed by atoms with Crippen molar-refractivity contribution >= 4 is 11.6 Å². The molecular formula is C11H12ClNO. The molecule has 0 saturated heterocycles. The lowest BCUT2D eigenvalue weighted by atomic mass is 10.0. The molecule has 74 valence electrons. The third-order valence-electron chi connectivity index (χ3n) is 1.90. The van der Waals surface area contributed by atoms with Crippen LogP contribution in [0.2, 0.25) is 0 Å². The molecule has 0 aliphatic rings. The number of rotatable bonds is 3. The summed E-state index contributed by atoms with van der Waals surface area (Å²) in [7, 11) is 1.61. The van der Waals surface area contributed by atoms with Gasteiger partial charge in [0.2, 0.25) is 0 Å². The highest BCUT2D eigenvalue weighted by Gasteiger charge is 2.20. The van der Waals surface area contributed by atoms with Crippen LogP contribution in [0, 0.1) is 11.3 Å². The zero-order chi connectivity index (χ0) is 10.6. The van der Waals surface area contributed by atoms with E-state index in [1.54, 1.807) is 14.0 Å². The average molecular weight is 210 g/mol. The topological polar surface area (TPSA) is 33.0 Å². The average Bonchev–Trinajstić information content (AvgIpc) is 2.17. The second-order valence-corrected chi connectivity index (χ2v) is 4.17. The number of alkyl halides is 1. The van der Waals surface area contributed by atoms with Crippen molar-refractivity contribution in [2.45, 2.75) is 18.2 Å². The van der Waals surface area contributed by atoms with Crippen LogP contribution in [0.5, 0.6) is 5.75 Å². The number of methoxy groups -OCH3 is 1. The Labute approximate surface area is 89.1 Å². The van der Waals surface area contributed by atoms with Crippen LogP contribution in [-0.4, -0.2) is 12.0 Å². The van der Waals surface area contributed by atoms with E-state index < -0.39 is 4.87 Å². The Hall–Kier alpha value is -1.20. The van der Waals surface area contributed by atoms with E-state index >= 15 is 0 Å². The van der Waals surface area contributed by atoms with Crippen molar-refractivity contribution in [2.24, 2.45) is 0 Å². The third kappa shape index (κ3) is 2.93. The summed E-state index contributed by atoms with van der Waals surface area (Å²) >= 11 is 5.95. The monoisotopic (exact) mass is 209 g/mol. The quantitative estimate of drug-likeness (QED) is 0.718. The standard InChI is InChI=1S/C11H12ClNO/c1-11(12,8-13)7-9-4-3-5-10(6-9)14-2/h3-6H,7H2,1-2H3. The molecule has 0 saturated carbocycles. The molecule has 0 aliphatic carbocycles. The second kappa shape index (κ2) is 4.34. The van der Waals surface area contributed by atoms with Crippen molar-refractivity contribution in [1.29, 1.82) is 5.26 Å². The number of ether oxygens (including phenoxy) is 1. The minimum absolute atomic E-state index is 0.516. The second-order valence-electron chi connectivity index (χ2n) is 3.34. The van der Waals surface area contributed by atoms with Crippen LogP contribution in [0.15, 0.2) is 24.3 Å². The van der Waals surface area contributed by atoms with E-state index in [9.17, 15) is 0 Å². The SMILES string of the molecule is COc1cccc(CC(C)(Cl)C#N)c1. The molecule has 0 fully saturated rings. The Bertz CT molecular complexity index is 355. The number of nitrogens with zero attached hydrogens (tertiary/aromatic N) is 1. The highest BCUT2D eigenvalue weighted by Crippen LogP contribution is 2.22. The fourth-order valence-electron chi connectivity index (χ4n) is 1.21. The summed E-state index contributed by atoms with van der Waals surface area (Å²) in [5.74, 6) is 0.785. The maximum Gasteiger partial charge on any atom is 0.132 e. The van der Waals surface area contributed by atoms with E-state index in [-0.39, 0.29) is 0 Å². The zero-order valence-electron chi connectivity index (χ0n) is 8.25. The van der Waals surface area contributed by atoms with Crippen LogP contribution in [-0.2, 0) is 6.42 Å². The van der Waals surface area contributed by atoms with Gasteiger partial charge in [0.15, 0.2) is 0 Å². The normalized spacial score (nSPS) is 14.1. The first kappa shape index (κ1) is 10.9. The van der Waals surface area contributed by atoms with E-state index in [1.165, 1.54) is 0 Å². The molecule has 0 heterocycles. The van der Waals surface area contributed by atoms with Gasteiger partial charge in [0.1, 0.15) is 10.6 Å². The Morgan fingerprint density at radius 1 is 1.57 bits per heavy atom. The number of hydrogen-bond donors (Lipinski definition) is 0. The van der Waals surface area contributed by atoms with Crippen molar-refractivity contribution in [3.63, 3.8) is 0 Å². The largest absolute Gasteiger partial charge is 0.497 e. The fourth-order valence-corrected chi connectivity index (χ4v) is 1.36. The van der Waals surface area contributed by atoms with E-state index in [1.807, 2.05) is 24.3 Å². The summed E-state index contributed by atoms with van der Waals surface area (Å²) < 4.78 is 5.08. The van der Waals surface area contributed by atoms with Gasteiger partial charge in [0.05, 0.1) is 13.2 Å². The molecule has 1 rings (SSSR count). The first-order valence-electron chi connectivity index (χ1n) is 4.30. The van der Waals surface area contributed by atoms with Gasteiger partial charge in [-0.1, -0.05) is 12.1 Å². The Kier molecular flexibility index (Phi) is 3.38. The Morgan fingerprint density at radius 3 is 2.86 bits per heavy atom. The molecule has 3 heteroatoms. The molecule has 0 amide bonds. The Morgan fingerprint density at radius 2 is 2.29 bits per heavy atom. The molecule has 1 unspecified atom stereocenters. The molecule has 2 nitrogen and oxygen atoms in total. The summed E-state index contributed by atoms with van der Waals surface area (Å²) in [6.45, 7) is 1.70. The lowest BCUT2D eigenvalue weighted by Gasteiger charge is -2.12. The molecule has 14 heavy (non-hydrogen) atoms. The van der Waals surface area contributed by atoms with E-state index in [0.29, 0.717) is 6.42 Å². The number of hydrogen-bond acceptors (Lipinski definition) is 2. The van der Waals surface area contributed by atoms with Crippen LogP contribution in [0.4, 0.5) is 0 Å². The number of benzene rings is 1. The molecule has 0 aromatic heterocycles. The minimum atomic E-state index is -0.841. The minimum Gasteiger partial charge on any atom is -0.497 e. The predicted molar refractivity (Wildman–Crippen MR) is 56.6 cm³/mol. The van der Waals surface area contributed by atoms with Crippen molar-refractivity contribution in [1.82, 2.24) is 0 Å². The molecule has 0 spiro atoms. The molecule has 1 aromatic rings. The van der Waals surface area contributed by atoms with Gasteiger partial charge < -0.3 is 4.74 Å². The highest BCUT2D eigenvalue weighted by atomic mass is 35.5. The van der Waals surface area contributed by atoms with Crippen molar-refractivity contribution in [2.75, 3.05) is 7.11 Å². The first-order valence-corrected chi connectivity index (χ1v) is 4.68. The molecule has 0 bridgehead atoms. The number of nitriles is 1. The summed E-state index contributed by atoms with van der Waals surface area (Å²) in [6, 6.07) is 9.62. The third-order valence-corrected chi connectivity index (χ3v) is 2.12. The van der Waals surface area contributed by atoms with Crippen molar-refractivity contribution in [3.8, 4) is 11.8 Å². The van der Waals surface area contributed by atoms with Gasteiger partial charge in [-0.05, 0) is 24.6 Å². The maximum absolute atomic E-state index is 8.77. The molecule has 0 aliphatic heterocycles. The molecule has 0 radical (unpaired) electrons. The van der Waals surface area contributed by atoms with Gasteiger partial charge in [0, 0.05) is 6.42 Å². The van der Waals surface area contributed by atoms with Crippen LogP contribution < -0.4 is 4.74 Å². The fraction of sp³-hybridized carbons (Fsp3) is 0.364. The lowest BCUT2D eigenvalue weighted by molar-refractivity contribution is 0.414. The van der Waals surface area contributed by atoms with E-state index in [4.69, 9.17) is 21.6 Å². The summed E-state index contributed by atoms with van der Waals surface area (Å²) in [6.07, 6.45) is 0.516. The van der Waals surface area contributed by atoms with E-state index in [0.717, 1.165) is 11.3 Å². The summed E-state index contributed by atoms with van der Waals surface area (Å²) in [5, 5.41) is 8.77. The number of halogens is 1. The van der Waals surface area contributed by atoms with Crippen molar-refractivity contribution in [3.05, 3.63) is 29.8 Å². The highest BCUT2D eigenvalue weighted by molar-refractivity contribution is 6.25. The van der Waals surface area contributed by atoms with Gasteiger partial charge in [-0.15, -0.1) is 11.6 Å².